The van der Waals surface area contributed by atoms with Gasteiger partial charge in [0.15, 0.2) is 0 Å². The number of aromatic nitrogens is 2. The molecule has 2 aromatic carbocycles. The Morgan fingerprint density at radius 2 is 1.78 bits per heavy atom. The second-order valence-electron chi connectivity index (χ2n) is 8.28. The van der Waals surface area contributed by atoms with E-state index in [9.17, 15) is 14.7 Å². The van der Waals surface area contributed by atoms with Gasteiger partial charge in [0.25, 0.3) is 5.89 Å². The van der Waals surface area contributed by atoms with Crippen LogP contribution in [0, 0.1) is 11.8 Å². The molecule has 0 radical (unpaired) electrons. The summed E-state index contributed by atoms with van der Waals surface area (Å²) < 4.78 is 22.1. The maximum atomic E-state index is 12.5. The highest BCUT2D eigenvalue weighted by atomic mass is 16.5. The molecule has 6 rings (SSSR count). The highest BCUT2D eigenvalue weighted by Crippen LogP contribution is 2.48. The monoisotopic (exact) mass is 483 g/mol. The molecule has 1 aliphatic carbocycles. The number of rotatable bonds is 5. The fraction of sp³-hybridized carbons (Fsp3) is 0.154. The third kappa shape index (κ3) is 3.82. The number of fused-ring (bicyclic) bond motifs is 2. The maximum Gasteiger partial charge on any atom is 0.412 e. The molecular formula is C26H17N3O7. The molecule has 0 unspecified atom stereocenters. The largest absolute Gasteiger partial charge is 0.480 e. The van der Waals surface area contributed by atoms with E-state index in [0.717, 1.165) is 5.56 Å². The molecular weight excluding hydrogens is 466 g/mol. The summed E-state index contributed by atoms with van der Waals surface area (Å²) in [5.41, 5.74) is 0.763. The Balaban J connectivity index is 1.25. The number of aliphatic carboxylic acids is 1. The summed E-state index contributed by atoms with van der Waals surface area (Å²) in [5.74, 6) is 4.82. The number of amides is 1. The van der Waals surface area contributed by atoms with E-state index in [2.05, 4.69) is 27.1 Å². The molecule has 0 bridgehead atoms. The van der Waals surface area contributed by atoms with Crippen molar-refractivity contribution in [3.63, 3.8) is 0 Å². The topological polar surface area (TPSA) is 141 Å². The van der Waals surface area contributed by atoms with Gasteiger partial charge >= 0.3 is 17.8 Å². The van der Waals surface area contributed by atoms with Crippen LogP contribution in [0.15, 0.2) is 67.8 Å². The number of anilines is 1. The second-order valence-corrected chi connectivity index (χ2v) is 8.28. The lowest BCUT2D eigenvalue weighted by Gasteiger charge is -2.06. The van der Waals surface area contributed by atoms with Crippen LogP contribution < -0.4 is 5.32 Å². The molecule has 3 aromatic heterocycles. The Labute approximate surface area is 202 Å². The number of furan rings is 1. The predicted octanol–water partition coefficient (Wildman–Crippen LogP) is 4.83. The summed E-state index contributed by atoms with van der Waals surface area (Å²) in [6, 6.07) is 16.5. The molecule has 0 atom stereocenters. The third-order valence-electron chi connectivity index (χ3n) is 5.86. The van der Waals surface area contributed by atoms with E-state index in [0.29, 0.717) is 29.5 Å². The summed E-state index contributed by atoms with van der Waals surface area (Å²) in [6.07, 6.45) is 0.243. The van der Waals surface area contributed by atoms with Gasteiger partial charge in [0.1, 0.15) is 23.3 Å². The fourth-order valence-electron chi connectivity index (χ4n) is 3.77. The minimum Gasteiger partial charge on any atom is -0.480 e. The SMILES string of the molecule is O=C(Nc1c(C#Cc2nc3nc(C4(C(=O)O)CC4)oc3o2)oc2ccccc12)OCc1ccccc1. The third-order valence-corrected chi connectivity index (χ3v) is 5.86. The van der Waals surface area contributed by atoms with E-state index in [1.165, 1.54) is 0 Å². The van der Waals surface area contributed by atoms with Crippen molar-refractivity contribution in [3.8, 4) is 11.8 Å². The molecule has 3 heterocycles. The Kier molecular flexibility index (Phi) is 4.97. The van der Waals surface area contributed by atoms with Crippen molar-refractivity contribution in [2.75, 3.05) is 5.32 Å². The average Bonchev–Trinajstić information content (AvgIpc) is 3.32. The number of oxazole rings is 2. The molecule has 1 amide bonds. The number of hydrogen-bond acceptors (Lipinski definition) is 8. The van der Waals surface area contributed by atoms with E-state index >= 15 is 0 Å². The second kappa shape index (κ2) is 8.32. The van der Waals surface area contributed by atoms with Crippen LogP contribution in [0.2, 0.25) is 0 Å². The Morgan fingerprint density at radius 1 is 1.00 bits per heavy atom. The molecule has 10 heteroatoms. The van der Waals surface area contributed by atoms with Gasteiger partial charge in [0, 0.05) is 11.3 Å². The van der Waals surface area contributed by atoms with Gasteiger partial charge in [-0.3, -0.25) is 10.1 Å². The maximum absolute atomic E-state index is 12.5. The quantitative estimate of drug-likeness (QED) is 0.336. The first-order valence-electron chi connectivity index (χ1n) is 11.0. The van der Waals surface area contributed by atoms with Gasteiger partial charge in [0.2, 0.25) is 17.3 Å². The zero-order chi connectivity index (χ0) is 24.7. The lowest BCUT2D eigenvalue weighted by molar-refractivity contribution is -0.140. The van der Waals surface area contributed by atoms with Crippen molar-refractivity contribution < 1.29 is 32.7 Å². The van der Waals surface area contributed by atoms with Gasteiger partial charge in [-0.05, 0) is 36.5 Å². The van der Waals surface area contributed by atoms with E-state index in [-0.39, 0.29) is 35.6 Å². The summed E-state index contributed by atoms with van der Waals surface area (Å²) in [6.45, 7) is 0.108. The minimum atomic E-state index is -1.10. The Bertz CT molecular complexity index is 1650. The van der Waals surface area contributed by atoms with E-state index < -0.39 is 17.5 Å². The zero-order valence-electron chi connectivity index (χ0n) is 18.6. The first-order chi connectivity index (χ1) is 17.5. The molecule has 0 aliphatic heterocycles. The van der Waals surface area contributed by atoms with Crippen LogP contribution in [0.3, 0.4) is 0 Å². The van der Waals surface area contributed by atoms with Crippen molar-refractivity contribution >= 4 is 40.1 Å². The van der Waals surface area contributed by atoms with Crippen molar-refractivity contribution in [1.29, 1.82) is 0 Å². The number of hydrogen-bond donors (Lipinski definition) is 2. The van der Waals surface area contributed by atoms with Gasteiger partial charge in [-0.25, -0.2) is 4.79 Å². The van der Waals surface area contributed by atoms with Gasteiger partial charge in [0.05, 0.1) is 0 Å². The number of benzene rings is 2. The number of carbonyl (C=O) groups excluding carboxylic acids is 1. The summed E-state index contributed by atoms with van der Waals surface area (Å²) in [4.78, 5) is 32.3. The van der Waals surface area contributed by atoms with E-state index in [1.54, 1.807) is 18.2 Å². The molecule has 2 N–H and O–H groups in total. The van der Waals surface area contributed by atoms with Crippen LogP contribution in [-0.2, 0) is 21.6 Å². The van der Waals surface area contributed by atoms with Crippen LogP contribution in [0.1, 0.15) is 35.9 Å². The molecule has 1 saturated carbocycles. The predicted molar refractivity (Wildman–Crippen MR) is 125 cm³/mol. The van der Waals surface area contributed by atoms with Crippen molar-refractivity contribution in [3.05, 3.63) is 77.7 Å². The van der Waals surface area contributed by atoms with Gasteiger partial charge in [-0.1, -0.05) is 42.5 Å². The van der Waals surface area contributed by atoms with Crippen molar-refractivity contribution in [1.82, 2.24) is 9.97 Å². The lowest BCUT2D eigenvalue weighted by atomic mass is 10.1. The van der Waals surface area contributed by atoms with Gasteiger partial charge in [-0.15, -0.1) is 0 Å². The minimum absolute atomic E-state index is 0.000956. The highest BCUT2D eigenvalue weighted by Gasteiger charge is 2.56. The van der Waals surface area contributed by atoms with Crippen LogP contribution in [0.4, 0.5) is 10.5 Å². The standard InChI is InChI=1S/C26H17N3O7/c30-24(31)26(12-13-26)23-29-21-22(36-23)35-19(27-21)11-10-18-20(16-8-4-5-9-17(16)34-18)28-25(32)33-14-15-6-2-1-3-7-15/h1-9H,12-14H2,(H,28,32)(H,30,31). The molecule has 0 saturated heterocycles. The van der Waals surface area contributed by atoms with Crippen LogP contribution in [0.5, 0.6) is 0 Å². The summed E-state index contributed by atoms with van der Waals surface area (Å²) in [5, 5.41) is 12.8. The van der Waals surface area contributed by atoms with Gasteiger partial charge < -0.3 is 23.1 Å². The number of para-hydroxylation sites is 1. The molecule has 1 aliphatic rings. The number of carboxylic acid groups (broad SMARTS) is 1. The molecule has 178 valence electrons. The zero-order valence-corrected chi connectivity index (χ0v) is 18.6. The van der Waals surface area contributed by atoms with Crippen molar-refractivity contribution in [2.45, 2.75) is 24.9 Å². The summed E-state index contributed by atoms with van der Waals surface area (Å²) >= 11 is 0. The lowest BCUT2D eigenvalue weighted by Crippen LogP contribution is -2.19. The number of carbonyl (C=O) groups is 2. The number of ether oxygens (including phenoxy) is 1. The first-order valence-corrected chi connectivity index (χ1v) is 11.0. The average molecular weight is 483 g/mol. The first kappa shape index (κ1) is 21.5. The smallest absolute Gasteiger partial charge is 0.412 e. The molecule has 0 spiro atoms. The van der Waals surface area contributed by atoms with E-state index in [4.69, 9.17) is 18.0 Å². The Hall–Kier alpha value is -5.04. The van der Waals surface area contributed by atoms with E-state index in [1.807, 2.05) is 36.4 Å². The van der Waals surface area contributed by atoms with Crippen LogP contribution >= 0.6 is 0 Å². The number of carboxylic acids is 1. The molecule has 1 fully saturated rings. The number of nitrogens with one attached hydrogen (secondary N) is 1. The molecule has 10 nitrogen and oxygen atoms in total. The normalized spacial score (nSPS) is 13.8. The molecule has 5 aromatic rings. The fourth-order valence-corrected chi connectivity index (χ4v) is 3.77. The molecule has 36 heavy (non-hydrogen) atoms. The highest BCUT2D eigenvalue weighted by molar-refractivity contribution is 6.00. The van der Waals surface area contributed by atoms with Crippen molar-refractivity contribution in [2.24, 2.45) is 0 Å². The summed E-state index contributed by atoms with van der Waals surface area (Å²) in [7, 11) is 0. The number of nitrogens with zero attached hydrogens (tertiary/aromatic N) is 2. The van der Waals surface area contributed by atoms with Gasteiger partial charge in [-0.2, -0.15) is 9.97 Å². The Morgan fingerprint density at radius 3 is 2.53 bits per heavy atom. The van der Waals surface area contributed by atoms with Crippen LogP contribution in [-0.4, -0.2) is 27.1 Å². The van der Waals surface area contributed by atoms with Crippen LogP contribution in [0.25, 0.3) is 22.4 Å².